The number of aliphatic hydroxyl groups excluding tert-OH is 1. The third-order valence-corrected chi connectivity index (χ3v) is 3.88. The highest BCUT2D eigenvalue weighted by Gasteiger charge is 2.21. The van der Waals surface area contributed by atoms with Crippen molar-refractivity contribution in [3.05, 3.63) is 29.3 Å². The van der Waals surface area contributed by atoms with Gasteiger partial charge in [0.1, 0.15) is 5.75 Å². The number of aliphatic hydroxyl groups is 1. The van der Waals surface area contributed by atoms with Gasteiger partial charge in [0.05, 0.1) is 12.2 Å². The molecule has 0 radical (unpaired) electrons. The van der Waals surface area contributed by atoms with Crippen LogP contribution in [0.4, 0.5) is 0 Å². The van der Waals surface area contributed by atoms with E-state index < -0.39 is 6.10 Å². The van der Waals surface area contributed by atoms with Crippen LogP contribution in [0, 0.1) is 12.8 Å². The van der Waals surface area contributed by atoms with E-state index in [9.17, 15) is 5.11 Å². The zero-order chi connectivity index (χ0) is 13.1. The van der Waals surface area contributed by atoms with E-state index in [1.807, 2.05) is 18.2 Å². The Kier molecular flexibility index (Phi) is 4.28. The van der Waals surface area contributed by atoms with Gasteiger partial charge in [0.2, 0.25) is 0 Å². The summed E-state index contributed by atoms with van der Waals surface area (Å²) in [5, 5.41) is 9.79. The van der Waals surface area contributed by atoms with E-state index in [4.69, 9.17) is 4.74 Å². The highest BCUT2D eigenvalue weighted by Crippen LogP contribution is 2.31. The number of benzene rings is 1. The molecule has 0 unspecified atom stereocenters. The minimum Gasteiger partial charge on any atom is -0.490 e. The number of rotatable bonds is 3. The molecule has 1 aromatic rings. The van der Waals surface area contributed by atoms with Gasteiger partial charge >= 0.3 is 0 Å². The van der Waals surface area contributed by atoms with Crippen molar-refractivity contribution in [2.24, 2.45) is 5.92 Å². The van der Waals surface area contributed by atoms with E-state index in [1.165, 1.54) is 18.4 Å². The highest BCUT2D eigenvalue weighted by molar-refractivity contribution is 5.38. The average molecular weight is 248 g/mol. The van der Waals surface area contributed by atoms with Gasteiger partial charge in [-0.3, -0.25) is 0 Å². The first kappa shape index (κ1) is 13.4. The fraction of sp³-hybridized carbons (Fsp3) is 0.625. The highest BCUT2D eigenvalue weighted by atomic mass is 16.5. The lowest BCUT2D eigenvalue weighted by molar-refractivity contribution is 0.126. The summed E-state index contributed by atoms with van der Waals surface area (Å²) in [7, 11) is 0. The summed E-state index contributed by atoms with van der Waals surface area (Å²) in [6.07, 6.45) is 4.62. The van der Waals surface area contributed by atoms with Crippen LogP contribution >= 0.6 is 0 Å². The molecule has 2 nitrogen and oxygen atoms in total. The lowest BCUT2D eigenvalue weighted by atomic mass is 9.89. The van der Waals surface area contributed by atoms with E-state index >= 15 is 0 Å². The Bertz CT molecular complexity index is 390. The summed E-state index contributed by atoms with van der Waals surface area (Å²) in [4.78, 5) is 0. The number of aryl methyl sites for hydroxylation is 1. The molecule has 18 heavy (non-hydrogen) atoms. The Balaban J connectivity index is 2.10. The predicted molar refractivity (Wildman–Crippen MR) is 73.9 cm³/mol. The largest absolute Gasteiger partial charge is 0.490 e. The van der Waals surface area contributed by atoms with E-state index in [2.05, 4.69) is 13.8 Å². The molecule has 1 fully saturated rings. The van der Waals surface area contributed by atoms with Crippen LogP contribution < -0.4 is 4.74 Å². The standard InChI is InChI=1S/C16H24O2/c1-11-4-7-14(8-5-11)18-16-10-12(2)6-9-15(16)13(3)17/h6,9-11,13-14,17H,4-5,7-8H2,1-3H3/t11?,13-,14?/m0/s1. The topological polar surface area (TPSA) is 29.5 Å². The average Bonchev–Trinajstić information content (AvgIpc) is 2.32. The third-order valence-electron chi connectivity index (χ3n) is 3.88. The van der Waals surface area contributed by atoms with Gasteiger partial charge in [0.15, 0.2) is 0 Å². The molecule has 0 bridgehead atoms. The molecular formula is C16H24O2. The van der Waals surface area contributed by atoms with Gasteiger partial charge in [-0.15, -0.1) is 0 Å². The summed E-state index contributed by atoms with van der Waals surface area (Å²) < 4.78 is 6.12. The molecule has 1 atom stereocenters. The molecule has 0 aromatic heterocycles. The molecule has 2 rings (SSSR count). The fourth-order valence-corrected chi connectivity index (χ4v) is 2.62. The summed E-state index contributed by atoms with van der Waals surface area (Å²) >= 11 is 0. The van der Waals surface area contributed by atoms with Crippen LogP contribution in [0.25, 0.3) is 0 Å². The van der Waals surface area contributed by atoms with Gasteiger partial charge in [0.25, 0.3) is 0 Å². The molecule has 0 heterocycles. The third kappa shape index (κ3) is 3.26. The molecule has 0 amide bonds. The summed E-state index contributed by atoms with van der Waals surface area (Å²) in [6, 6.07) is 6.04. The molecule has 0 aliphatic heterocycles. The minimum absolute atomic E-state index is 0.320. The van der Waals surface area contributed by atoms with Crippen molar-refractivity contribution in [3.8, 4) is 5.75 Å². The zero-order valence-electron chi connectivity index (χ0n) is 11.6. The van der Waals surface area contributed by atoms with Crippen LogP contribution in [0.3, 0.4) is 0 Å². The maximum absolute atomic E-state index is 9.79. The number of hydrogen-bond donors (Lipinski definition) is 1. The molecule has 1 saturated carbocycles. The smallest absolute Gasteiger partial charge is 0.125 e. The molecule has 1 N–H and O–H groups in total. The Morgan fingerprint density at radius 2 is 1.89 bits per heavy atom. The summed E-state index contributed by atoms with van der Waals surface area (Å²) in [5.41, 5.74) is 2.08. The maximum Gasteiger partial charge on any atom is 0.125 e. The monoisotopic (exact) mass is 248 g/mol. The fourth-order valence-electron chi connectivity index (χ4n) is 2.62. The first-order valence-corrected chi connectivity index (χ1v) is 7.01. The van der Waals surface area contributed by atoms with Gasteiger partial charge in [-0.2, -0.15) is 0 Å². The Morgan fingerprint density at radius 1 is 1.22 bits per heavy atom. The zero-order valence-corrected chi connectivity index (χ0v) is 11.6. The van der Waals surface area contributed by atoms with Crippen LogP contribution in [-0.4, -0.2) is 11.2 Å². The number of ether oxygens (including phenoxy) is 1. The lowest BCUT2D eigenvalue weighted by Crippen LogP contribution is -2.23. The van der Waals surface area contributed by atoms with Crippen LogP contribution in [0.1, 0.15) is 56.8 Å². The summed E-state index contributed by atoms with van der Waals surface area (Å²) in [5.74, 6) is 1.70. The first-order valence-electron chi connectivity index (χ1n) is 7.01. The Morgan fingerprint density at radius 3 is 2.50 bits per heavy atom. The molecule has 1 aliphatic rings. The van der Waals surface area contributed by atoms with Crippen molar-refractivity contribution in [1.29, 1.82) is 0 Å². The van der Waals surface area contributed by atoms with Gasteiger partial charge in [-0.05, 0) is 57.1 Å². The van der Waals surface area contributed by atoms with Crippen molar-refractivity contribution < 1.29 is 9.84 Å². The lowest BCUT2D eigenvalue weighted by Gasteiger charge is -2.28. The van der Waals surface area contributed by atoms with Crippen LogP contribution in [0.2, 0.25) is 0 Å². The SMILES string of the molecule is Cc1ccc([C@H](C)O)c(OC2CCC(C)CC2)c1. The van der Waals surface area contributed by atoms with Crippen molar-refractivity contribution >= 4 is 0 Å². The summed E-state index contributed by atoms with van der Waals surface area (Å²) in [6.45, 7) is 6.16. The predicted octanol–water partition coefficient (Wildman–Crippen LogP) is 4.01. The van der Waals surface area contributed by atoms with Crippen molar-refractivity contribution in [3.63, 3.8) is 0 Å². The maximum atomic E-state index is 9.79. The van der Waals surface area contributed by atoms with E-state index in [0.29, 0.717) is 6.10 Å². The van der Waals surface area contributed by atoms with Crippen LogP contribution in [-0.2, 0) is 0 Å². The van der Waals surface area contributed by atoms with Crippen molar-refractivity contribution in [2.45, 2.75) is 58.7 Å². The van der Waals surface area contributed by atoms with E-state index in [0.717, 1.165) is 30.1 Å². The molecular weight excluding hydrogens is 224 g/mol. The Labute approximate surface area is 110 Å². The second kappa shape index (κ2) is 5.75. The quantitative estimate of drug-likeness (QED) is 0.876. The Hall–Kier alpha value is -1.02. The normalized spacial score (nSPS) is 25.8. The molecule has 2 heteroatoms. The molecule has 1 aliphatic carbocycles. The van der Waals surface area contributed by atoms with Crippen molar-refractivity contribution in [2.75, 3.05) is 0 Å². The first-order chi connectivity index (χ1) is 8.56. The molecule has 1 aromatic carbocycles. The second-order valence-corrected chi connectivity index (χ2v) is 5.72. The molecule has 0 spiro atoms. The van der Waals surface area contributed by atoms with E-state index in [1.54, 1.807) is 6.92 Å². The van der Waals surface area contributed by atoms with E-state index in [-0.39, 0.29) is 0 Å². The minimum atomic E-state index is -0.469. The molecule has 100 valence electrons. The van der Waals surface area contributed by atoms with Crippen LogP contribution in [0.15, 0.2) is 18.2 Å². The van der Waals surface area contributed by atoms with Gasteiger partial charge < -0.3 is 9.84 Å². The number of hydrogen-bond acceptors (Lipinski definition) is 2. The van der Waals surface area contributed by atoms with Crippen molar-refractivity contribution in [1.82, 2.24) is 0 Å². The van der Waals surface area contributed by atoms with Gasteiger partial charge in [-0.25, -0.2) is 0 Å². The molecule has 0 saturated heterocycles. The van der Waals surface area contributed by atoms with Gasteiger partial charge in [0, 0.05) is 5.56 Å². The van der Waals surface area contributed by atoms with Gasteiger partial charge in [-0.1, -0.05) is 19.1 Å². The second-order valence-electron chi connectivity index (χ2n) is 5.72. The van der Waals surface area contributed by atoms with Crippen LogP contribution in [0.5, 0.6) is 5.75 Å².